The molecule has 7 nitrogen and oxygen atoms in total. The smallest absolute Gasteiger partial charge is 0.429 e. The zero-order valence-electron chi connectivity index (χ0n) is 16.0. The van der Waals surface area contributed by atoms with E-state index >= 15 is 0 Å². The minimum Gasteiger partial charge on any atom is -0.442 e. The van der Waals surface area contributed by atoms with Gasteiger partial charge in [-0.2, -0.15) is 0 Å². The highest BCUT2D eigenvalue weighted by molar-refractivity contribution is 5.79. The molecule has 0 saturated heterocycles. The Morgan fingerprint density at radius 2 is 1.89 bits per heavy atom. The molecular formula is C19H22F2N4O3. The lowest BCUT2D eigenvalue weighted by Gasteiger charge is -2.30. The molecule has 0 aliphatic rings. The number of benzene rings is 1. The van der Waals surface area contributed by atoms with E-state index in [0.717, 1.165) is 17.3 Å². The number of carbonyl (C=O) groups is 2. The summed E-state index contributed by atoms with van der Waals surface area (Å²) >= 11 is 0. The first kappa shape index (κ1) is 21.1. The first-order valence-corrected chi connectivity index (χ1v) is 8.50. The van der Waals surface area contributed by atoms with Crippen LogP contribution in [0.4, 0.5) is 30.6 Å². The summed E-state index contributed by atoms with van der Waals surface area (Å²) in [5, 5.41) is 3.82. The minimum atomic E-state index is -0.872. The molecule has 1 unspecified atom stereocenters. The van der Waals surface area contributed by atoms with Crippen molar-refractivity contribution >= 4 is 29.4 Å². The van der Waals surface area contributed by atoms with Gasteiger partial charge in [-0.25, -0.2) is 18.6 Å². The van der Waals surface area contributed by atoms with E-state index in [4.69, 9.17) is 4.74 Å². The molecule has 0 saturated carbocycles. The van der Waals surface area contributed by atoms with E-state index in [9.17, 15) is 18.4 Å². The number of nitrogens with one attached hydrogen (secondary N) is 2. The molecule has 2 rings (SSSR count). The molecule has 150 valence electrons. The van der Waals surface area contributed by atoms with Crippen molar-refractivity contribution < 1.29 is 23.1 Å². The van der Waals surface area contributed by atoms with Crippen LogP contribution >= 0.6 is 0 Å². The van der Waals surface area contributed by atoms with E-state index in [1.54, 1.807) is 20.8 Å². The van der Waals surface area contributed by atoms with Gasteiger partial charge in [-0.3, -0.25) is 10.4 Å². The molecule has 28 heavy (non-hydrogen) atoms. The van der Waals surface area contributed by atoms with Crippen molar-refractivity contribution in [2.75, 3.05) is 10.7 Å². The number of rotatable bonds is 6. The summed E-state index contributed by atoms with van der Waals surface area (Å²) in [5.74, 6) is -1.12. The fourth-order valence-corrected chi connectivity index (χ4v) is 2.17. The van der Waals surface area contributed by atoms with Gasteiger partial charge in [0.1, 0.15) is 29.6 Å². The van der Waals surface area contributed by atoms with Crippen LogP contribution in [-0.4, -0.2) is 34.0 Å². The molecular weight excluding hydrogens is 370 g/mol. The van der Waals surface area contributed by atoms with E-state index in [0.29, 0.717) is 6.29 Å². The maximum atomic E-state index is 13.8. The number of pyridine rings is 1. The summed E-state index contributed by atoms with van der Waals surface area (Å²) in [6.07, 6.45) is 2.17. The van der Waals surface area contributed by atoms with Crippen molar-refractivity contribution in [1.29, 1.82) is 0 Å². The Balaban J connectivity index is 2.33. The predicted octanol–water partition coefficient (Wildman–Crippen LogP) is 4.25. The highest BCUT2D eigenvalue weighted by Crippen LogP contribution is 2.28. The number of aldehydes is 1. The Hall–Kier alpha value is -3.23. The van der Waals surface area contributed by atoms with Gasteiger partial charge in [0.15, 0.2) is 0 Å². The molecule has 0 aliphatic carbocycles. The van der Waals surface area contributed by atoms with Gasteiger partial charge in [0.05, 0.1) is 29.5 Å². The van der Waals surface area contributed by atoms with Crippen molar-refractivity contribution in [1.82, 2.24) is 9.99 Å². The summed E-state index contributed by atoms with van der Waals surface area (Å²) < 4.78 is 32.4. The molecule has 0 spiro atoms. The average molecular weight is 392 g/mol. The molecule has 2 N–H and O–H groups in total. The van der Waals surface area contributed by atoms with Gasteiger partial charge in [-0.15, -0.1) is 0 Å². The molecule has 0 radical (unpaired) electrons. The number of nitrogens with zero attached hydrogens (tertiary/aromatic N) is 2. The topological polar surface area (TPSA) is 83.6 Å². The molecule has 0 fully saturated rings. The fraction of sp³-hybridized carbons (Fsp3) is 0.316. The Bertz CT molecular complexity index is 855. The lowest BCUT2D eigenvalue weighted by Crippen LogP contribution is -2.46. The van der Waals surface area contributed by atoms with Crippen molar-refractivity contribution in [2.45, 2.75) is 39.3 Å². The highest BCUT2D eigenvalue weighted by atomic mass is 19.1. The van der Waals surface area contributed by atoms with Crippen LogP contribution in [-0.2, 0) is 9.53 Å². The normalized spacial score (nSPS) is 12.1. The predicted molar refractivity (Wildman–Crippen MR) is 101 cm³/mol. The van der Waals surface area contributed by atoms with E-state index in [1.807, 2.05) is 0 Å². The maximum absolute atomic E-state index is 13.8. The lowest BCUT2D eigenvalue weighted by atomic mass is 10.2. The zero-order chi connectivity index (χ0) is 20.9. The fourth-order valence-electron chi connectivity index (χ4n) is 2.17. The van der Waals surface area contributed by atoms with Gasteiger partial charge >= 0.3 is 6.09 Å². The number of ether oxygens (including phenoxy) is 1. The number of hydrogen-bond donors (Lipinski definition) is 2. The SMILES string of the molecule is CC(C=O)N(Nc1ccc(F)cc1Nc1cncc(F)c1)C(=O)OC(C)(C)C. The molecule has 0 bridgehead atoms. The molecule has 2 aromatic rings. The zero-order valence-corrected chi connectivity index (χ0v) is 16.0. The first-order valence-electron chi connectivity index (χ1n) is 8.50. The van der Waals surface area contributed by atoms with Gasteiger partial charge in [-0.05, 0) is 45.9 Å². The van der Waals surface area contributed by atoms with Crippen molar-refractivity contribution in [3.63, 3.8) is 0 Å². The molecule has 1 aromatic heterocycles. The third-order valence-corrected chi connectivity index (χ3v) is 3.40. The lowest BCUT2D eigenvalue weighted by molar-refractivity contribution is -0.111. The molecule has 1 aromatic carbocycles. The average Bonchev–Trinajstić information content (AvgIpc) is 2.59. The van der Waals surface area contributed by atoms with Gasteiger partial charge in [-0.1, -0.05) is 0 Å². The summed E-state index contributed by atoms with van der Waals surface area (Å²) in [5.41, 5.74) is 2.74. The number of anilines is 3. The first-order chi connectivity index (χ1) is 13.1. The maximum Gasteiger partial charge on any atom is 0.429 e. The summed E-state index contributed by atoms with van der Waals surface area (Å²) in [4.78, 5) is 27.5. The van der Waals surface area contributed by atoms with Crippen LogP contribution in [0.25, 0.3) is 0 Å². The molecule has 9 heteroatoms. The van der Waals surface area contributed by atoms with Crippen LogP contribution in [0.1, 0.15) is 27.7 Å². The quantitative estimate of drug-likeness (QED) is 0.565. The van der Waals surface area contributed by atoms with Crippen LogP contribution in [0.3, 0.4) is 0 Å². The summed E-state index contributed by atoms with van der Waals surface area (Å²) in [7, 11) is 0. The number of halogens is 2. The summed E-state index contributed by atoms with van der Waals surface area (Å²) in [6.45, 7) is 6.57. The van der Waals surface area contributed by atoms with Crippen LogP contribution < -0.4 is 10.7 Å². The second-order valence-electron chi connectivity index (χ2n) is 7.05. The largest absolute Gasteiger partial charge is 0.442 e. The van der Waals surface area contributed by atoms with Crippen LogP contribution in [0.2, 0.25) is 0 Å². The number of hydrazine groups is 1. The Labute approximate surface area is 161 Å². The second kappa shape index (κ2) is 8.64. The molecule has 1 amide bonds. The molecule has 1 heterocycles. The van der Waals surface area contributed by atoms with Gasteiger partial charge in [0.2, 0.25) is 0 Å². The monoisotopic (exact) mass is 392 g/mol. The van der Waals surface area contributed by atoms with Crippen molar-refractivity contribution in [3.8, 4) is 0 Å². The van der Waals surface area contributed by atoms with Gasteiger partial charge in [0, 0.05) is 6.07 Å². The van der Waals surface area contributed by atoms with Crippen molar-refractivity contribution in [2.24, 2.45) is 0 Å². The third kappa shape index (κ3) is 5.90. The van der Waals surface area contributed by atoms with Gasteiger partial charge in [0.25, 0.3) is 0 Å². The Morgan fingerprint density at radius 3 is 2.50 bits per heavy atom. The van der Waals surface area contributed by atoms with Gasteiger partial charge < -0.3 is 14.8 Å². The number of aromatic nitrogens is 1. The van der Waals surface area contributed by atoms with Crippen LogP contribution in [0, 0.1) is 11.6 Å². The standard InChI is InChI=1S/C19H22F2N4O3/c1-12(11-26)25(18(27)28-19(2,3)4)24-16-6-5-13(20)8-17(16)23-15-7-14(21)9-22-10-15/h5-12,23-24H,1-4H3. The van der Waals surface area contributed by atoms with E-state index in [2.05, 4.69) is 15.7 Å². The minimum absolute atomic E-state index is 0.207. The number of amides is 1. The summed E-state index contributed by atoms with van der Waals surface area (Å²) in [6, 6.07) is 4.02. The number of carbonyl (C=O) groups excluding carboxylic acids is 2. The Morgan fingerprint density at radius 1 is 1.18 bits per heavy atom. The molecule has 0 aliphatic heterocycles. The van der Waals surface area contributed by atoms with Crippen LogP contribution in [0.15, 0.2) is 36.7 Å². The second-order valence-corrected chi connectivity index (χ2v) is 7.05. The van der Waals surface area contributed by atoms with E-state index in [1.165, 1.54) is 31.3 Å². The van der Waals surface area contributed by atoms with Crippen LogP contribution in [0.5, 0.6) is 0 Å². The molecule has 1 atom stereocenters. The third-order valence-electron chi connectivity index (χ3n) is 3.40. The number of hydrogen-bond acceptors (Lipinski definition) is 6. The van der Waals surface area contributed by atoms with E-state index in [-0.39, 0.29) is 17.1 Å². The highest BCUT2D eigenvalue weighted by Gasteiger charge is 2.27. The Kier molecular flexibility index (Phi) is 6.50. The van der Waals surface area contributed by atoms with E-state index < -0.39 is 29.4 Å². The van der Waals surface area contributed by atoms with Crippen molar-refractivity contribution in [3.05, 3.63) is 48.3 Å².